The fourth-order valence-corrected chi connectivity index (χ4v) is 4.81. The van der Waals surface area contributed by atoms with Crippen LogP contribution in [0, 0.1) is 11.6 Å². The quantitative estimate of drug-likeness (QED) is 0.406. The molecule has 33 heavy (non-hydrogen) atoms. The lowest BCUT2D eigenvalue weighted by Gasteiger charge is -2.33. The van der Waals surface area contributed by atoms with E-state index in [9.17, 15) is 27.2 Å². The summed E-state index contributed by atoms with van der Waals surface area (Å²) in [6, 6.07) is 6.69. The highest BCUT2D eigenvalue weighted by Crippen LogP contribution is 2.38. The van der Waals surface area contributed by atoms with Crippen LogP contribution in [0.3, 0.4) is 0 Å². The Morgan fingerprint density at radius 1 is 1.03 bits per heavy atom. The van der Waals surface area contributed by atoms with Gasteiger partial charge in [0.15, 0.2) is 0 Å². The average molecular weight is 457 g/mol. The van der Waals surface area contributed by atoms with E-state index in [0.717, 1.165) is 17.7 Å². The van der Waals surface area contributed by atoms with Gasteiger partial charge in [0.25, 0.3) is 17.9 Å². The maximum Gasteiger partial charge on any atom is 0.270 e. The Kier molecular flexibility index (Phi) is 4.99. The summed E-state index contributed by atoms with van der Waals surface area (Å²) < 4.78 is 54.3. The van der Waals surface area contributed by atoms with E-state index in [1.165, 1.54) is 29.2 Å². The number of pyridine rings is 1. The maximum absolute atomic E-state index is 13.8. The van der Waals surface area contributed by atoms with Gasteiger partial charge < -0.3 is 14.9 Å². The van der Waals surface area contributed by atoms with Crippen molar-refractivity contribution in [2.45, 2.75) is 31.7 Å². The Morgan fingerprint density at radius 3 is 2.58 bits per heavy atom. The number of H-pyrrole nitrogens is 2. The Morgan fingerprint density at radius 2 is 1.82 bits per heavy atom. The van der Waals surface area contributed by atoms with Crippen molar-refractivity contribution in [3.8, 4) is 0 Å². The third-order valence-corrected chi connectivity index (χ3v) is 6.33. The van der Waals surface area contributed by atoms with E-state index in [0.29, 0.717) is 30.3 Å². The number of alkyl halides is 2. The average Bonchev–Trinajstić information content (AvgIpc) is 3.21. The Labute approximate surface area is 185 Å². The van der Waals surface area contributed by atoms with Gasteiger partial charge in [-0.3, -0.25) is 9.59 Å². The number of aromatic nitrogens is 2. The van der Waals surface area contributed by atoms with Gasteiger partial charge in [0, 0.05) is 34.8 Å². The van der Waals surface area contributed by atoms with Gasteiger partial charge >= 0.3 is 0 Å². The molecular formula is C24H19F4N3O2. The number of rotatable bonds is 3. The topological polar surface area (TPSA) is 69.0 Å². The van der Waals surface area contributed by atoms with Crippen molar-refractivity contribution >= 4 is 27.6 Å². The van der Waals surface area contributed by atoms with Crippen LogP contribution in [0.4, 0.5) is 17.6 Å². The molecule has 1 aliphatic rings. The molecule has 0 saturated heterocycles. The predicted molar refractivity (Wildman–Crippen MR) is 116 cm³/mol. The van der Waals surface area contributed by atoms with Gasteiger partial charge in [-0.1, -0.05) is 6.07 Å². The van der Waals surface area contributed by atoms with Crippen molar-refractivity contribution in [1.82, 2.24) is 14.9 Å². The normalized spacial score (nSPS) is 15.9. The third kappa shape index (κ3) is 3.48. The van der Waals surface area contributed by atoms with Crippen molar-refractivity contribution in [3.63, 3.8) is 0 Å². The van der Waals surface area contributed by atoms with Crippen molar-refractivity contribution in [1.29, 1.82) is 0 Å². The number of nitrogens with one attached hydrogen (secondary N) is 2. The van der Waals surface area contributed by atoms with Gasteiger partial charge in [-0.2, -0.15) is 0 Å². The molecule has 0 spiro atoms. The SMILES string of the molecule is CN(C(=O)c1cc2c(C(F)F)cc(F)cc2[nH]1)[C@@H]1CCCc2[nH]c(=O)c3cc(F)ccc3c21. The van der Waals surface area contributed by atoms with Crippen LogP contribution in [0.2, 0.25) is 0 Å². The smallest absolute Gasteiger partial charge is 0.270 e. The first-order valence-electron chi connectivity index (χ1n) is 10.5. The van der Waals surface area contributed by atoms with Crippen molar-refractivity contribution in [3.05, 3.63) is 80.9 Å². The van der Waals surface area contributed by atoms with Crippen molar-refractivity contribution < 1.29 is 22.4 Å². The summed E-state index contributed by atoms with van der Waals surface area (Å²) in [6.07, 6.45) is -0.968. The van der Waals surface area contributed by atoms with E-state index in [4.69, 9.17) is 0 Å². The van der Waals surface area contributed by atoms with Crippen molar-refractivity contribution in [2.24, 2.45) is 0 Å². The predicted octanol–water partition coefficient (Wildman–Crippen LogP) is 5.37. The molecule has 2 heterocycles. The van der Waals surface area contributed by atoms with E-state index in [1.807, 2.05) is 0 Å². The van der Waals surface area contributed by atoms with Gasteiger partial charge in [0.05, 0.1) is 11.4 Å². The molecule has 170 valence electrons. The second-order valence-electron chi connectivity index (χ2n) is 8.30. The van der Waals surface area contributed by atoms with Gasteiger partial charge in [-0.15, -0.1) is 0 Å². The van der Waals surface area contributed by atoms with E-state index in [2.05, 4.69) is 9.97 Å². The third-order valence-electron chi connectivity index (χ3n) is 6.33. The first-order chi connectivity index (χ1) is 15.7. The van der Waals surface area contributed by atoms with Crippen LogP contribution in [0.25, 0.3) is 21.7 Å². The second-order valence-corrected chi connectivity index (χ2v) is 8.30. The summed E-state index contributed by atoms with van der Waals surface area (Å²) in [7, 11) is 1.59. The number of hydrogen-bond donors (Lipinski definition) is 2. The van der Waals surface area contributed by atoms with Crippen molar-refractivity contribution in [2.75, 3.05) is 7.05 Å². The minimum Gasteiger partial charge on any atom is -0.350 e. The highest BCUT2D eigenvalue weighted by atomic mass is 19.3. The molecule has 2 aromatic carbocycles. The maximum atomic E-state index is 13.8. The van der Waals surface area contributed by atoms with Gasteiger partial charge in [0.1, 0.15) is 17.3 Å². The number of aromatic amines is 2. The van der Waals surface area contributed by atoms with Crippen LogP contribution in [0.1, 0.15) is 52.6 Å². The summed E-state index contributed by atoms with van der Waals surface area (Å²) in [5, 5.41) is 0.847. The van der Waals surface area contributed by atoms with Crippen LogP contribution in [-0.4, -0.2) is 27.8 Å². The molecule has 5 rings (SSSR count). The van der Waals surface area contributed by atoms with E-state index in [-0.39, 0.29) is 22.0 Å². The molecule has 9 heteroatoms. The lowest BCUT2D eigenvalue weighted by atomic mass is 9.86. The molecule has 1 atom stereocenters. The highest BCUT2D eigenvalue weighted by molar-refractivity contribution is 5.99. The number of fused-ring (bicyclic) bond motifs is 4. The molecule has 0 saturated carbocycles. The number of nitrogens with zero attached hydrogens (tertiary/aromatic N) is 1. The lowest BCUT2D eigenvalue weighted by Crippen LogP contribution is -2.34. The Balaban J connectivity index is 1.59. The summed E-state index contributed by atoms with van der Waals surface area (Å²) >= 11 is 0. The number of aryl methyl sites for hydroxylation is 1. The zero-order valence-corrected chi connectivity index (χ0v) is 17.5. The zero-order valence-electron chi connectivity index (χ0n) is 17.5. The van der Waals surface area contributed by atoms with Crippen LogP contribution < -0.4 is 5.56 Å². The number of amides is 1. The fraction of sp³-hybridized carbons (Fsp3) is 0.250. The monoisotopic (exact) mass is 457 g/mol. The molecule has 5 nitrogen and oxygen atoms in total. The number of carbonyl (C=O) groups excluding carboxylic acids is 1. The first kappa shape index (κ1) is 21.2. The zero-order chi connectivity index (χ0) is 23.4. The highest BCUT2D eigenvalue weighted by Gasteiger charge is 2.31. The van der Waals surface area contributed by atoms with E-state index < -0.39 is 41.1 Å². The molecule has 1 amide bonds. The number of hydrogen-bond acceptors (Lipinski definition) is 2. The molecule has 0 unspecified atom stereocenters. The first-order valence-corrected chi connectivity index (χ1v) is 10.5. The summed E-state index contributed by atoms with van der Waals surface area (Å²) in [5.74, 6) is -1.83. The summed E-state index contributed by atoms with van der Waals surface area (Å²) in [5.41, 5.74) is 0.700. The minimum absolute atomic E-state index is 0.0481. The Bertz CT molecular complexity index is 1470. The van der Waals surface area contributed by atoms with Crippen LogP contribution in [0.5, 0.6) is 0 Å². The summed E-state index contributed by atoms with van der Waals surface area (Å²) in [4.78, 5) is 32.8. The van der Waals surface area contributed by atoms with E-state index >= 15 is 0 Å². The molecular weight excluding hydrogens is 438 g/mol. The number of carbonyl (C=O) groups is 1. The number of benzene rings is 2. The summed E-state index contributed by atoms with van der Waals surface area (Å²) in [6.45, 7) is 0. The fourth-order valence-electron chi connectivity index (χ4n) is 4.81. The molecule has 0 aliphatic heterocycles. The van der Waals surface area contributed by atoms with Crippen LogP contribution >= 0.6 is 0 Å². The molecule has 0 bridgehead atoms. The van der Waals surface area contributed by atoms with Gasteiger partial charge in [-0.25, -0.2) is 17.6 Å². The second kappa shape index (κ2) is 7.75. The van der Waals surface area contributed by atoms with Crippen LogP contribution in [0.15, 0.2) is 41.2 Å². The molecule has 2 aromatic heterocycles. The largest absolute Gasteiger partial charge is 0.350 e. The molecule has 2 N–H and O–H groups in total. The molecule has 4 aromatic rings. The van der Waals surface area contributed by atoms with E-state index in [1.54, 1.807) is 7.05 Å². The standard InChI is InChI=1S/C24H19F4N3O2/c1-31(24(33)19-10-14-15(22(27)28)8-12(26)9-18(14)29-19)20-4-2-3-17-21(20)13-6-5-11(25)7-16(13)23(32)30-17/h5-10,20,22,29H,2-4H2,1H3,(H,30,32)/t20-/m1/s1. The lowest BCUT2D eigenvalue weighted by molar-refractivity contribution is 0.0710. The molecule has 0 radical (unpaired) electrons. The van der Waals surface area contributed by atoms with Gasteiger partial charge in [0.2, 0.25) is 0 Å². The number of halogens is 4. The van der Waals surface area contributed by atoms with Gasteiger partial charge in [-0.05, 0) is 55.0 Å². The molecule has 0 fully saturated rings. The molecule has 1 aliphatic carbocycles. The minimum atomic E-state index is -2.89. The Hall–Kier alpha value is -3.62. The van der Waals surface area contributed by atoms with Crippen LogP contribution in [-0.2, 0) is 6.42 Å².